The second-order valence-corrected chi connectivity index (χ2v) is 8.15. The number of benzene rings is 1. The molecular formula is C20H23N5O3S. The Hall–Kier alpha value is -2.94. The summed E-state index contributed by atoms with van der Waals surface area (Å²) in [6.07, 6.45) is 5.28. The van der Waals surface area contributed by atoms with Crippen molar-refractivity contribution >= 4 is 28.6 Å². The Balaban J connectivity index is 1.44. The van der Waals surface area contributed by atoms with Gasteiger partial charge in [0.05, 0.1) is 17.9 Å². The smallest absolute Gasteiger partial charge is 0.254 e. The number of aryl methyl sites for hydroxylation is 1. The van der Waals surface area contributed by atoms with Crippen LogP contribution in [-0.2, 0) is 11.2 Å². The number of amidine groups is 1. The first-order chi connectivity index (χ1) is 14.0. The van der Waals surface area contributed by atoms with E-state index in [1.807, 2.05) is 24.0 Å². The van der Waals surface area contributed by atoms with E-state index in [1.54, 1.807) is 24.5 Å². The van der Waals surface area contributed by atoms with Crippen LogP contribution in [-0.4, -0.2) is 45.5 Å². The van der Waals surface area contributed by atoms with Gasteiger partial charge in [-0.1, -0.05) is 6.07 Å². The van der Waals surface area contributed by atoms with Gasteiger partial charge in [0.15, 0.2) is 0 Å². The topological polar surface area (TPSA) is 110 Å². The van der Waals surface area contributed by atoms with E-state index in [-0.39, 0.29) is 17.7 Å². The summed E-state index contributed by atoms with van der Waals surface area (Å²) in [6, 6.07) is 7.20. The minimum Gasteiger partial charge on any atom is -0.492 e. The molecule has 2 aromatic rings. The first-order valence-corrected chi connectivity index (χ1v) is 10.6. The van der Waals surface area contributed by atoms with Gasteiger partial charge in [-0.15, -0.1) is 0 Å². The van der Waals surface area contributed by atoms with Crippen LogP contribution in [0.3, 0.4) is 0 Å². The molecule has 152 valence electrons. The number of nitrogens with one attached hydrogen (secondary N) is 1. The lowest BCUT2D eigenvalue weighted by molar-refractivity contribution is 0.0632. The van der Waals surface area contributed by atoms with Gasteiger partial charge in [0, 0.05) is 37.0 Å². The Kier molecular flexibility index (Phi) is 5.48. The third kappa shape index (κ3) is 4.09. The number of hydrogen-bond donors (Lipinski definition) is 2. The van der Waals surface area contributed by atoms with Crippen LogP contribution in [0.15, 0.2) is 41.1 Å². The fourth-order valence-electron chi connectivity index (χ4n) is 3.73. The average Bonchev–Trinajstić information content (AvgIpc) is 2.72. The van der Waals surface area contributed by atoms with Gasteiger partial charge in [0.2, 0.25) is 11.2 Å². The number of pyridine rings is 1. The van der Waals surface area contributed by atoms with Gasteiger partial charge in [0.1, 0.15) is 11.6 Å². The highest BCUT2D eigenvalue weighted by Gasteiger charge is 2.27. The summed E-state index contributed by atoms with van der Waals surface area (Å²) < 4.78 is 24.4. The van der Waals surface area contributed by atoms with Crippen LogP contribution >= 0.6 is 0 Å². The minimum absolute atomic E-state index is 0.0368. The molecule has 9 heteroatoms. The molecule has 0 saturated carbocycles. The molecule has 1 saturated heterocycles. The zero-order valence-corrected chi connectivity index (χ0v) is 16.9. The van der Waals surface area contributed by atoms with Gasteiger partial charge in [-0.25, -0.2) is 4.21 Å². The quantitative estimate of drug-likeness (QED) is 0.797. The first-order valence-electron chi connectivity index (χ1n) is 9.51. The van der Waals surface area contributed by atoms with Crippen molar-refractivity contribution in [2.45, 2.75) is 19.8 Å². The summed E-state index contributed by atoms with van der Waals surface area (Å²) in [4.78, 5) is 18.8. The highest BCUT2D eigenvalue weighted by Crippen LogP contribution is 2.30. The maximum Gasteiger partial charge on any atom is 0.254 e. The molecule has 2 aliphatic rings. The maximum atomic E-state index is 12.9. The SMILES string of the molecule is Cc1cnccc1C(=O)N1CCCC(COc2cccc3c2C(N)=NS(=O)N3)C1. The number of amides is 1. The fourth-order valence-corrected chi connectivity index (χ4v) is 4.40. The van der Waals surface area contributed by atoms with Crippen LogP contribution in [0.2, 0.25) is 0 Å². The van der Waals surface area contributed by atoms with Gasteiger partial charge in [-0.2, -0.15) is 4.40 Å². The van der Waals surface area contributed by atoms with Crippen molar-refractivity contribution in [2.24, 2.45) is 16.0 Å². The lowest BCUT2D eigenvalue weighted by Gasteiger charge is -2.33. The summed E-state index contributed by atoms with van der Waals surface area (Å²) in [6.45, 7) is 3.75. The van der Waals surface area contributed by atoms with E-state index < -0.39 is 11.2 Å². The summed E-state index contributed by atoms with van der Waals surface area (Å²) in [7, 11) is 0. The van der Waals surface area contributed by atoms with Crippen LogP contribution in [0.5, 0.6) is 5.75 Å². The zero-order chi connectivity index (χ0) is 20.4. The molecule has 0 spiro atoms. The molecule has 1 aromatic carbocycles. The largest absolute Gasteiger partial charge is 0.492 e. The van der Waals surface area contributed by atoms with Crippen molar-refractivity contribution in [1.29, 1.82) is 0 Å². The second-order valence-electron chi connectivity index (χ2n) is 7.27. The maximum absolute atomic E-state index is 12.9. The third-order valence-corrected chi connectivity index (χ3v) is 5.95. The van der Waals surface area contributed by atoms with Crippen LogP contribution < -0.4 is 15.2 Å². The molecule has 0 bridgehead atoms. The molecule has 1 aromatic heterocycles. The number of anilines is 1. The molecule has 2 unspecified atom stereocenters. The Labute approximate surface area is 171 Å². The summed E-state index contributed by atoms with van der Waals surface area (Å²) in [5.74, 6) is 1.05. The van der Waals surface area contributed by atoms with Crippen LogP contribution in [0.1, 0.15) is 34.3 Å². The third-order valence-electron chi connectivity index (χ3n) is 5.19. The number of fused-ring (bicyclic) bond motifs is 1. The summed E-state index contributed by atoms with van der Waals surface area (Å²) >= 11 is -1.57. The van der Waals surface area contributed by atoms with E-state index in [2.05, 4.69) is 14.1 Å². The normalized spacial score (nSPS) is 21.0. The Morgan fingerprint density at radius 3 is 3.10 bits per heavy atom. The predicted molar refractivity (Wildman–Crippen MR) is 112 cm³/mol. The average molecular weight is 414 g/mol. The van der Waals surface area contributed by atoms with Crippen molar-refractivity contribution in [3.05, 3.63) is 53.3 Å². The first kappa shape index (κ1) is 19.4. The number of ether oxygens (including phenoxy) is 1. The van der Waals surface area contributed by atoms with E-state index in [0.717, 1.165) is 24.9 Å². The molecule has 1 fully saturated rings. The van der Waals surface area contributed by atoms with E-state index in [9.17, 15) is 9.00 Å². The lowest BCUT2D eigenvalue weighted by atomic mass is 9.97. The Morgan fingerprint density at radius 1 is 1.41 bits per heavy atom. The molecule has 4 rings (SSSR count). The number of carbonyl (C=O) groups excluding carboxylic acids is 1. The number of piperidine rings is 1. The van der Waals surface area contributed by atoms with E-state index in [4.69, 9.17) is 10.5 Å². The highest BCUT2D eigenvalue weighted by atomic mass is 32.2. The molecule has 0 radical (unpaired) electrons. The van der Waals surface area contributed by atoms with Crippen molar-refractivity contribution in [3.63, 3.8) is 0 Å². The highest BCUT2D eigenvalue weighted by molar-refractivity contribution is 7.85. The van der Waals surface area contributed by atoms with Crippen molar-refractivity contribution < 1.29 is 13.7 Å². The molecule has 0 aliphatic carbocycles. The summed E-state index contributed by atoms with van der Waals surface area (Å²) in [5, 5.41) is 0. The standard InChI is InChI=1S/C20H23N5O3S/c1-13-10-22-8-7-15(13)20(26)25-9-3-4-14(11-25)12-28-17-6-2-5-16-18(17)19(21)24-29(27)23-16/h2,5-8,10,14,23H,3-4,9,11-12H2,1H3,(H2,21,24). The van der Waals surface area contributed by atoms with Crippen molar-refractivity contribution in [1.82, 2.24) is 9.88 Å². The van der Waals surface area contributed by atoms with Gasteiger partial charge in [-0.05, 0) is 43.5 Å². The molecule has 1 amide bonds. The van der Waals surface area contributed by atoms with E-state index in [0.29, 0.717) is 35.7 Å². The number of rotatable bonds is 4. The molecule has 3 N–H and O–H groups in total. The molecular weight excluding hydrogens is 390 g/mol. The second kappa shape index (κ2) is 8.20. The number of carbonyl (C=O) groups is 1. The fraction of sp³-hybridized carbons (Fsp3) is 0.350. The molecule has 2 atom stereocenters. The summed E-state index contributed by atoms with van der Waals surface area (Å²) in [5.41, 5.74) is 8.81. The molecule has 3 heterocycles. The predicted octanol–water partition coefficient (Wildman–Crippen LogP) is 2.03. The lowest BCUT2D eigenvalue weighted by Crippen LogP contribution is -2.41. The van der Waals surface area contributed by atoms with E-state index >= 15 is 0 Å². The van der Waals surface area contributed by atoms with Crippen molar-refractivity contribution in [3.8, 4) is 5.75 Å². The van der Waals surface area contributed by atoms with Crippen LogP contribution in [0.4, 0.5) is 5.69 Å². The Bertz CT molecular complexity index is 994. The van der Waals surface area contributed by atoms with Crippen molar-refractivity contribution in [2.75, 3.05) is 24.4 Å². The van der Waals surface area contributed by atoms with Crippen LogP contribution in [0.25, 0.3) is 0 Å². The number of nitrogens with two attached hydrogens (primary N) is 1. The van der Waals surface area contributed by atoms with Gasteiger partial charge < -0.3 is 15.4 Å². The molecule has 29 heavy (non-hydrogen) atoms. The van der Waals surface area contributed by atoms with E-state index in [1.165, 1.54) is 0 Å². The minimum atomic E-state index is -1.57. The number of aromatic nitrogens is 1. The zero-order valence-electron chi connectivity index (χ0n) is 16.1. The van der Waals surface area contributed by atoms with Gasteiger partial charge >= 0.3 is 0 Å². The number of hydrogen-bond acceptors (Lipinski definition) is 5. The van der Waals surface area contributed by atoms with Gasteiger partial charge in [0.25, 0.3) is 5.91 Å². The number of likely N-dealkylation sites (tertiary alicyclic amines) is 1. The van der Waals surface area contributed by atoms with Gasteiger partial charge in [-0.3, -0.25) is 14.5 Å². The molecule has 8 nitrogen and oxygen atoms in total. The Morgan fingerprint density at radius 2 is 2.28 bits per heavy atom. The molecule has 2 aliphatic heterocycles. The number of nitrogens with zero attached hydrogens (tertiary/aromatic N) is 3. The monoisotopic (exact) mass is 413 g/mol. The van der Waals surface area contributed by atoms with Crippen LogP contribution in [0, 0.1) is 12.8 Å².